The van der Waals surface area contributed by atoms with Gasteiger partial charge in [0.1, 0.15) is 6.04 Å². The number of likely N-dealkylation sites (tertiary alicyclic amines) is 2. The zero-order valence-electron chi connectivity index (χ0n) is 11.9. The number of carboxylic acid groups (broad SMARTS) is 1. The molecule has 2 saturated heterocycles. The molecule has 2 aliphatic heterocycles. The fourth-order valence-electron chi connectivity index (χ4n) is 3.40. The van der Waals surface area contributed by atoms with Gasteiger partial charge in [-0.15, -0.1) is 11.3 Å². The van der Waals surface area contributed by atoms with E-state index in [9.17, 15) is 14.7 Å². The van der Waals surface area contributed by atoms with Gasteiger partial charge >= 0.3 is 5.97 Å². The second kappa shape index (κ2) is 6.15. The molecule has 3 heterocycles. The van der Waals surface area contributed by atoms with E-state index in [0.717, 1.165) is 19.5 Å². The molecule has 2 atom stereocenters. The molecule has 1 N–H and O–H groups in total. The van der Waals surface area contributed by atoms with Crippen molar-refractivity contribution in [2.24, 2.45) is 0 Å². The maximum atomic E-state index is 12.5. The minimum Gasteiger partial charge on any atom is -0.480 e. The Kier molecular flexibility index (Phi) is 4.26. The summed E-state index contributed by atoms with van der Waals surface area (Å²) < 4.78 is 0. The first-order chi connectivity index (χ1) is 10.2. The third-order valence-electron chi connectivity index (χ3n) is 4.51. The van der Waals surface area contributed by atoms with Crippen molar-refractivity contribution in [3.05, 3.63) is 22.4 Å². The van der Waals surface area contributed by atoms with Crippen molar-refractivity contribution in [1.82, 2.24) is 9.80 Å². The molecule has 2 aliphatic rings. The van der Waals surface area contributed by atoms with E-state index in [1.807, 2.05) is 11.4 Å². The molecule has 0 spiro atoms. The fraction of sp³-hybridized carbons (Fsp3) is 0.600. The van der Waals surface area contributed by atoms with Crippen molar-refractivity contribution >= 4 is 23.2 Å². The average Bonchev–Trinajstić information content (AvgIpc) is 3.18. The number of carbonyl (C=O) groups is 2. The molecule has 2 unspecified atom stereocenters. The van der Waals surface area contributed by atoms with Crippen molar-refractivity contribution < 1.29 is 14.7 Å². The lowest BCUT2D eigenvalue weighted by Crippen LogP contribution is -2.54. The highest BCUT2D eigenvalue weighted by atomic mass is 32.1. The van der Waals surface area contributed by atoms with Gasteiger partial charge in [0.15, 0.2) is 0 Å². The number of thiophene rings is 1. The number of amides is 1. The second-order valence-electron chi connectivity index (χ2n) is 5.75. The molecule has 0 radical (unpaired) electrons. The first-order valence-electron chi connectivity index (χ1n) is 7.48. The van der Waals surface area contributed by atoms with Crippen molar-refractivity contribution in [3.63, 3.8) is 0 Å². The molecule has 0 aromatic carbocycles. The van der Waals surface area contributed by atoms with E-state index < -0.39 is 12.0 Å². The molecule has 114 valence electrons. The number of carbonyl (C=O) groups excluding carboxylic acids is 1. The Bertz CT molecular complexity index is 511. The predicted molar refractivity (Wildman–Crippen MR) is 80.6 cm³/mol. The normalized spacial score (nSPS) is 27.0. The maximum absolute atomic E-state index is 12.5. The summed E-state index contributed by atoms with van der Waals surface area (Å²) in [6.45, 7) is 2.67. The maximum Gasteiger partial charge on any atom is 0.326 e. The summed E-state index contributed by atoms with van der Waals surface area (Å²) in [5.41, 5.74) is 0. The monoisotopic (exact) mass is 308 g/mol. The SMILES string of the molecule is O=C(O)C1CC(N2CCCC2)CCN1C(=O)c1cccs1. The Hall–Kier alpha value is -1.40. The van der Waals surface area contributed by atoms with E-state index in [-0.39, 0.29) is 5.91 Å². The molecule has 1 aromatic heterocycles. The number of aliphatic carboxylic acids is 1. The van der Waals surface area contributed by atoms with Crippen LogP contribution in [0.15, 0.2) is 17.5 Å². The van der Waals surface area contributed by atoms with Crippen LogP contribution in [-0.2, 0) is 4.79 Å². The summed E-state index contributed by atoms with van der Waals surface area (Å²) >= 11 is 1.37. The Morgan fingerprint density at radius 1 is 1.24 bits per heavy atom. The van der Waals surface area contributed by atoms with Crippen LogP contribution in [0.5, 0.6) is 0 Å². The third-order valence-corrected chi connectivity index (χ3v) is 5.37. The van der Waals surface area contributed by atoms with Gasteiger partial charge < -0.3 is 14.9 Å². The molecule has 2 fully saturated rings. The summed E-state index contributed by atoms with van der Waals surface area (Å²) in [5.74, 6) is -1.03. The van der Waals surface area contributed by atoms with Gasteiger partial charge in [-0.25, -0.2) is 4.79 Å². The summed E-state index contributed by atoms with van der Waals surface area (Å²) in [4.78, 5) is 28.6. The largest absolute Gasteiger partial charge is 0.480 e. The molecule has 6 heteroatoms. The van der Waals surface area contributed by atoms with Crippen LogP contribution in [0.4, 0.5) is 0 Å². The molecule has 5 nitrogen and oxygen atoms in total. The number of piperidine rings is 1. The van der Waals surface area contributed by atoms with Crippen LogP contribution in [-0.4, -0.2) is 58.5 Å². The lowest BCUT2D eigenvalue weighted by Gasteiger charge is -2.40. The van der Waals surface area contributed by atoms with E-state index in [0.29, 0.717) is 23.9 Å². The highest BCUT2D eigenvalue weighted by Gasteiger charge is 2.39. The zero-order chi connectivity index (χ0) is 14.8. The van der Waals surface area contributed by atoms with Crippen LogP contribution in [0.3, 0.4) is 0 Å². The Balaban J connectivity index is 1.73. The molecule has 0 bridgehead atoms. The van der Waals surface area contributed by atoms with Crippen molar-refractivity contribution in [2.75, 3.05) is 19.6 Å². The van der Waals surface area contributed by atoms with Crippen molar-refractivity contribution in [3.8, 4) is 0 Å². The second-order valence-corrected chi connectivity index (χ2v) is 6.70. The molecular formula is C15H20N2O3S. The smallest absolute Gasteiger partial charge is 0.326 e. The van der Waals surface area contributed by atoms with Gasteiger partial charge in [0.2, 0.25) is 0 Å². The minimum absolute atomic E-state index is 0.141. The Morgan fingerprint density at radius 3 is 2.62 bits per heavy atom. The predicted octanol–water partition coefficient (Wildman–Crippen LogP) is 1.90. The van der Waals surface area contributed by atoms with Gasteiger partial charge in [0.05, 0.1) is 4.88 Å². The molecule has 0 aliphatic carbocycles. The van der Waals surface area contributed by atoms with Crippen LogP contribution in [0.1, 0.15) is 35.4 Å². The van der Waals surface area contributed by atoms with E-state index >= 15 is 0 Å². The summed E-state index contributed by atoms with van der Waals surface area (Å²) in [6, 6.07) is 3.20. The van der Waals surface area contributed by atoms with Crippen LogP contribution >= 0.6 is 11.3 Å². The van der Waals surface area contributed by atoms with Gasteiger partial charge in [0, 0.05) is 12.6 Å². The quantitative estimate of drug-likeness (QED) is 0.926. The highest BCUT2D eigenvalue weighted by molar-refractivity contribution is 7.12. The number of nitrogens with zero attached hydrogens (tertiary/aromatic N) is 2. The number of hydrogen-bond acceptors (Lipinski definition) is 4. The standard InChI is InChI=1S/C15H20N2O3S/c18-14(13-4-3-9-21-13)17-8-5-11(10-12(17)15(19)20)16-6-1-2-7-16/h3-4,9,11-12H,1-2,5-8,10H2,(H,19,20). The van der Waals surface area contributed by atoms with Crippen molar-refractivity contribution in [1.29, 1.82) is 0 Å². The van der Waals surface area contributed by atoms with E-state index in [1.54, 1.807) is 11.0 Å². The molecule has 3 rings (SSSR count). The Morgan fingerprint density at radius 2 is 2.00 bits per heavy atom. The summed E-state index contributed by atoms with van der Waals surface area (Å²) in [6.07, 6.45) is 3.82. The number of carboxylic acids is 1. The summed E-state index contributed by atoms with van der Waals surface area (Å²) in [7, 11) is 0. The first-order valence-corrected chi connectivity index (χ1v) is 8.36. The van der Waals surface area contributed by atoms with Gasteiger partial charge in [-0.1, -0.05) is 6.07 Å². The highest BCUT2D eigenvalue weighted by Crippen LogP contribution is 2.27. The molecule has 1 aromatic rings. The number of hydrogen-bond donors (Lipinski definition) is 1. The summed E-state index contributed by atoms with van der Waals surface area (Å²) in [5, 5.41) is 11.4. The topological polar surface area (TPSA) is 60.9 Å². The lowest BCUT2D eigenvalue weighted by atomic mass is 9.95. The van der Waals surface area contributed by atoms with E-state index in [2.05, 4.69) is 4.90 Å². The zero-order valence-corrected chi connectivity index (χ0v) is 12.7. The first kappa shape index (κ1) is 14.5. The fourth-order valence-corrected chi connectivity index (χ4v) is 4.08. The van der Waals surface area contributed by atoms with E-state index in [4.69, 9.17) is 0 Å². The van der Waals surface area contributed by atoms with Crippen LogP contribution in [0, 0.1) is 0 Å². The Labute approximate surface area is 128 Å². The van der Waals surface area contributed by atoms with Crippen LogP contribution in [0.2, 0.25) is 0 Å². The molecular weight excluding hydrogens is 288 g/mol. The molecule has 1 amide bonds. The lowest BCUT2D eigenvalue weighted by molar-refractivity contribution is -0.144. The molecule has 0 saturated carbocycles. The van der Waals surface area contributed by atoms with Crippen molar-refractivity contribution in [2.45, 2.75) is 37.8 Å². The average molecular weight is 308 g/mol. The van der Waals surface area contributed by atoms with Gasteiger partial charge in [-0.3, -0.25) is 4.79 Å². The molecule has 21 heavy (non-hydrogen) atoms. The minimum atomic E-state index is -0.885. The van der Waals surface area contributed by atoms with Gasteiger partial charge in [-0.2, -0.15) is 0 Å². The third kappa shape index (κ3) is 2.96. The van der Waals surface area contributed by atoms with Gasteiger partial charge in [0.25, 0.3) is 5.91 Å². The van der Waals surface area contributed by atoms with Crippen LogP contribution in [0.25, 0.3) is 0 Å². The van der Waals surface area contributed by atoms with E-state index in [1.165, 1.54) is 24.2 Å². The number of rotatable bonds is 3. The van der Waals surface area contributed by atoms with Gasteiger partial charge in [-0.05, 0) is 50.2 Å². The van der Waals surface area contributed by atoms with Crippen LogP contribution < -0.4 is 0 Å².